The van der Waals surface area contributed by atoms with E-state index in [-0.39, 0.29) is 0 Å². The fourth-order valence-electron chi connectivity index (χ4n) is 1.27. The fraction of sp³-hybridized carbons (Fsp3) is 0.0833. The molecule has 0 atom stereocenters. The van der Waals surface area contributed by atoms with Crippen molar-refractivity contribution < 1.29 is 13.2 Å². The molecule has 0 spiro atoms. The summed E-state index contributed by atoms with van der Waals surface area (Å²) in [6, 6.07) is 5.02. The summed E-state index contributed by atoms with van der Waals surface area (Å²) >= 11 is 1.47. The van der Waals surface area contributed by atoms with E-state index in [0.717, 1.165) is 17.1 Å². The third-order valence-electron chi connectivity index (χ3n) is 2.11. The van der Waals surface area contributed by atoms with Crippen LogP contribution in [0.2, 0.25) is 0 Å². The van der Waals surface area contributed by atoms with Gasteiger partial charge in [-0.3, -0.25) is 0 Å². The van der Waals surface area contributed by atoms with E-state index in [4.69, 9.17) is 0 Å². The Kier molecular flexibility index (Phi) is 3.28. The zero-order chi connectivity index (χ0) is 12.3. The lowest BCUT2D eigenvalue weighted by Gasteiger charge is -2.05. The molecule has 0 radical (unpaired) electrons. The smallest absolute Gasteiger partial charge is 0.245 e. The molecule has 0 aliphatic carbocycles. The predicted octanol–water partition coefficient (Wildman–Crippen LogP) is 4.33. The number of alkyl halides is 3. The summed E-state index contributed by atoms with van der Waals surface area (Å²) in [5.74, 6) is 0. The number of rotatable bonds is 2. The molecule has 5 heteroatoms. The van der Waals surface area contributed by atoms with E-state index in [1.54, 1.807) is 18.3 Å². The van der Waals surface area contributed by atoms with Gasteiger partial charge in [-0.05, 0) is 23.8 Å². The van der Waals surface area contributed by atoms with E-state index in [1.807, 2.05) is 5.38 Å². The number of hydrogen-bond donors (Lipinski definition) is 0. The molecule has 88 valence electrons. The van der Waals surface area contributed by atoms with Gasteiger partial charge in [0.2, 0.25) is 0 Å². The average Bonchev–Trinajstić information content (AvgIpc) is 2.78. The maximum absolute atomic E-state index is 12.3. The van der Waals surface area contributed by atoms with Crippen LogP contribution in [-0.2, 0) is 6.18 Å². The molecule has 0 aliphatic heterocycles. The number of halogens is 3. The molecular weight excluding hydrogens is 247 g/mol. The highest BCUT2D eigenvalue weighted by Gasteiger charge is 2.29. The van der Waals surface area contributed by atoms with Gasteiger partial charge in [0.05, 0.1) is 5.56 Å². The minimum atomic E-state index is -4.28. The minimum absolute atomic E-state index is 0.635. The van der Waals surface area contributed by atoms with E-state index in [9.17, 15) is 13.2 Å². The molecule has 0 bridgehead atoms. The first-order chi connectivity index (χ1) is 8.05. The average molecular weight is 255 g/mol. The molecule has 0 amide bonds. The molecule has 0 saturated heterocycles. The Morgan fingerprint density at radius 1 is 1.06 bits per heavy atom. The maximum Gasteiger partial charge on any atom is 0.416 e. The molecule has 1 aromatic carbocycles. The molecule has 0 saturated carbocycles. The van der Waals surface area contributed by atoms with Crippen molar-refractivity contribution in [1.29, 1.82) is 0 Å². The van der Waals surface area contributed by atoms with Crippen LogP contribution in [0.3, 0.4) is 0 Å². The van der Waals surface area contributed by atoms with Gasteiger partial charge in [0.15, 0.2) is 0 Å². The van der Waals surface area contributed by atoms with Crippen LogP contribution in [0.15, 0.2) is 35.8 Å². The topological polar surface area (TPSA) is 12.9 Å². The quantitative estimate of drug-likeness (QED) is 0.778. The monoisotopic (exact) mass is 255 g/mol. The summed E-state index contributed by atoms with van der Waals surface area (Å²) in [6.45, 7) is 0. The first-order valence-corrected chi connectivity index (χ1v) is 5.68. The van der Waals surface area contributed by atoms with Crippen molar-refractivity contribution >= 4 is 23.5 Å². The zero-order valence-electron chi connectivity index (χ0n) is 8.61. The predicted molar refractivity (Wildman–Crippen MR) is 62.5 cm³/mol. The Hall–Kier alpha value is -1.62. The van der Waals surface area contributed by atoms with Gasteiger partial charge in [-0.1, -0.05) is 18.2 Å². The second-order valence-corrected chi connectivity index (χ2v) is 4.25. The molecule has 1 nitrogen and oxygen atoms in total. The maximum atomic E-state index is 12.3. The SMILES string of the molecule is FC(F)(F)c1ccc(C=Cc2nccs2)cc1. The van der Waals surface area contributed by atoms with Crippen LogP contribution in [0.5, 0.6) is 0 Å². The highest BCUT2D eigenvalue weighted by molar-refractivity contribution is 7.10. The largest absolute Gasteiger partial charge is 0.416 e. The minimum Gasteiger partial charge on any atom is -0.245 e. The van der Waals surface area contributed by atoms with E-state index >= 15 is 0 Å². The van der Waals surface area contributed by atoms with Crippen LogP contribution in [0.4, 0.5) is 13.2 Å². The molecule has 0 fully saturated rings. The number of benzene rings is 1. The van der Waals surface area contributed by atoms with Crippen molar-refractivity contribution in [2.75, 3.05) is 0 Å². The van der Waals surface area contributed by atoms with Gasteiger partial charge in [-0.25, -0.2) is 4.98 Å². The second-order valence-electron chi connectivity index (χ2n) is 3.32. The normalized spacial score (nSPS) is 12.2. The van der Waals surface area contributed by atoms with Crippen LogP contribution in [0.25, 0.3) is 12.2 Å². The summed E-state index contributed by atoms with van der Waals surface area (Å²) in [5.41, 5.74) is 0.0806. The lowest BCUT2D eigenvalue weighted by atomic mass is 10.1. The Morgan fingerprint density at radius 3 is 2.29 bits per heavy atom. The van der Waals surface area contributed by atoms with Gasteiger partial charge in [0.1, 0.15) is 5.01 Å². The van der Waals surface area contributed by atoms with Gasteiger partial charge in [0.25, 0.3) is 0 Å². The highest BCUT2D eigenvalue weighted by atomic mass is 32.1. The summed E-state index contributed by atoms with van der Waals surface area (Å²) in [5, 5.41) is 2.66. The first-order valence-electron chi connectivity index (χ1n) is 4.80. The Morgan fingerprint density at radius 2 is 1.76 bits per heavy atom. The molecule has 0 N–H and O–H groups in total. The molecule has 0 unspecified atom stereocenters. The Balaban J connectivity index is 2.14. The van der Waals surface area contributed by atoms with Crippen LogP contribution < -0.4 is 0 Å². The highest BCUT2D eigenvalue weighted by Crippen LogP contribution is 2.29. The summed E-state index contributed by atoms with van der Waals surface area (Å²) < 4.78 is 36.9. The van der Waals surface area contributed by atoms with E-state index in [1.165, 1.54) is 23.5 Å². The molecule has 0 aliphatic rings. The van der Waals surface area contributed by atoms with E-state index in [2.05, 4.69) is 4.98 Å². The van der Waals surface area contributed by atoms with E-state index in [0.29, 0.717) is 5.56 Å². The molecule has 2 aromatic rings. The van der Waals surface area contributed by atoms with Gasteiger partial charge >= 0.3 is 6.18 Å². The van der Waals surface area contributed by atoms with Crippen molar-refractivity contribution in [2.24, 2.45) is 0 Å². The lowest BCUT2D eigenvalue weighted by molar-refractivity contribution is -0.137. The molecule has 2 rings (SSSR count). The molecular formula is C12H8F3NS. The molecule has 17 heavy (non-hydrogen) atoms. The van der Waals surface area contributed by atoms with Gasteiger partial charge in [0, 0.05) is 11.6 Å². The third-order valence-corrected chi connectivity index (χ3v) is 2.85. The Bertz CT molecular complexity index is 498. The zero-order valence-corrected chi connectivity index (χ0v) is 9.42. The van der Waals surface area contributed by atoms with Crippen molar-refractivity contribution in [2.45, 2.75) is 6.18 Å². The van der Waals surface area contributed by atoms with E-state index < -0.39 is 11.7 Å². The standard InChI is InChI=1S/C12H8F3NS/c13-12(14,15)10-4-1-9(2-5-10)3-6-11-16-7-8-17-11/h1-8H. The first kappa shape index (κ1) is 11.9. The molecule has 1 heterocycles. The summed E-state index contributed by atoms with van der Waals surface area (Å²) in [4.78, 5) is 4.04. The lowest BCUT2D eigenvalue weighted by Crippen LogP contribution is -2.03. The summed E-state index contributed by atoms with van der Waals surface area (Å²) in [6.07, 6.45) is 0.904. The number of nitrogens with zero attached hydrogens (tertiary/aromatic N) is 1. The van der Waals surface area contributed by atoms with Gasteiger partial charge in [-0.2, -0.15) is 13.2 Å². The van der Waals surface area contributed by atoms with Crippen molar-refractivity contribution in [3.63, 3.8) is 0 Å². The molecule has 1 aromatic heterocycles. The Labute approximate surface area is 100 Å². The fourth-order valence-corrected chi connectivity index (χ4v) is 1.80. The van der Waals surface area contributed by atoms with Crippen LogP contribution in [0.1, 0.15) is 16.1 Å². The van der Waals surface area contributed by atoms with Gasteiger partial charge in [-0.15, -0.1) is 11.3 Å². The number of aromatic nitrogens is 1. The second kappa shape index (κ2) is 4.71. The van der Waals surface area contributed by atoms with Gasteiger partial charge < -0.3 is 0 Å². The van der Waals surface area contributed by atoms with Crippen LogP contribution in [-0.4, -0.2) is 4.98 Å². The number of thiazole rings is 1. The number of hydrogen-bond acceptors (Lipinski definition) is 2. The van der Waals surface area contributed by atoms with Crippen molar-refractivity contribution in [3.05, 3.63) is 52.0 Å². The van der Waals surface area contributed by atoms with Crippen LogP contribution in [0, 0.1) is 0 Å². The third kappa shape index (κ3) is 3.17. The summed E-state index contributed by atoms with van der Waals surface area (Å²) in [7, 11) is 0. The van der Waals surface area contributed by atoms with Crippen molar-refractivity contribution in [3.8, 4) is 0 Å². The van der Waals surface area contributed by atoms with Crippen molar-refractivity contribution in [1.82, 2.24) is 4.98 Å². The van der Waals surface area contributed by atoms with Crippen LogP contribution >= 0.6 is 11.3 Å².